The first-order valence-corrected chi connectivity index (χ1v) is 5.54. The molecule has 0 aliphatic carbocycles. The molecule has 0 aliphatic rings. The standard InChI is InChI=1S/C11H11BrN2O2/c1-2-16-7-11(15)14-10-4-3-9(12)5-8(10)6-13/h3-5H,2,7H2,1H3,(H,14,15). The molecule has 5 heteroatoms. The Morgan fingerprint density at radius 2 is 2.38 bits per heavy atom. The number of anilines is 1. The van der Waals surface area contributed by atoms with E-state index in [2.05, 4.69) is 21.2 Å². The fraction of sp³-hybridized carbons (Fsp3) is 0.273. The van der Waals surface area contributed by atoms with Crippen LogP contribution in [0.3, 0.4) is 0 Å². The predicted molar refractivity (Wildman–Crippen MR) is 64.0 cm³/mol. The molecule has 0 aliphatic heterocycles. The Hall–Kier alpha value is -1.38. The number of hydrogen-bond donors (Lipinski definition) is 1. The maximum atomic E-state index is 11.4. The van der Waals surface area contributed by atoms with Gasteiger partial charge in [0.25, 0.3) is 0 Å². The predicted octanol–water partition coefficient (Wildman–Crippen LogP) is 2.30. The van der Waals surface area contributed by atoms with Crippen LogP contribution in [-0.2, 0) is 9.53 Å². The number of nitrogens with one attached hydrogen (secondary N) is 1. The van der Waals surface area contributed by atoms with Crippen LogP contribution < -0.4 is 5.32 Å². The highest BCUT2D eigenvalue weighted by atomic mass is 79.9. The zero-order valence-corrected chi connectivity index (χ0v) is 10.4. The molecule has 0 saturated heterocycles. The maximum absolute atomic E-state index is 11.4. The van der Waals surface area contributed by atoms with Crippen molar-refractivity contribution in [1.82, 2.24) is 0 Å². The Morgan fingerprint density at radius 1 is 1.62 bits per heavy atom. The molecule has 0 fully saturated rings. The van der Waals surface area contributed by atoms with Gasteiger partial charge in [-0.15, -0.1) is 0 Å². The van der Waals surface area contributed by atoms with Crippen molar-refractivity contribution in [3.8, 4) is 6.07 Å². The van der Waals surface area contributed by atoms with Gasteiger partial charge in [0.2, 0.25) is 5.91 Å². The summed E-state index contributed by atoms with van der Waals surface area (Å²) in [6.07, 6.45) is 0. The minimum atomic E-state index is -0.263. The van der Waals surface area contributed by atoms with Crippen molar-refractivity contribution in [2.24, 2.45) is 0 Å². The van der Waals surface area contributed by atoms with Crippen molar-refractivity contribution in [2.75, 3.05) is 18.5 Å². The van der Waals surface area contributed by atoms with Crippen LogP contribution in [-0.4, -0.2) is 19.1 Å². The van der Waals surface area contributed by atoms with Crippen LogP contribution in [0.1, 0.15) is 12.5 Å². The summed E-state index contributed by atoms with van der Waals surface area (Å²) in [6, 6.07) is 7.10. The van der Waals surface area contributed by atoms with E-state index in [0.29, 0.717) is 17.9 Å². The molecule has 1 aromatic rings. The van der Waals surface area contributed by atoms with Gasteiger partial charge in [-0.25, -0.2) is 0 Å². The molecule has 0 atom stereocenters. The Bertz CT molecular complexity index is 426. The van der Waals surface area contributed by atoms with E-state index >= 15 is 0 Å². The molecule has 1 N–H and O–H groups in total. The summed E-state index contributed by atoms with van der Waals surface area (Å²) in [7, 11) is 0. The van der Waals surface area contributed by atoms with Gasteiger partial charge >= 0.3 is 0 Å². The van der Waals surface area contributed by atoms with Crippen LogP contribution in [0.5, 0.6) is 0 Å². The van der Waals surface area contributed by atoms with Crippen molar-refractivity contribution in [2.45, 2.75) is 6.92 Å². The highest BCUT2D eigenvalue weighted by Gasteiger charge is 2.06. The maximum Gasteiger partial charge on any atom is 0.250 e. The van der Waals surface area contributed by atoms with E-state index in [0.717, 1.165) is 4.47 Å². The van der Waals surface area contributed by atoms with Crippen LogP contribution in [0.15, 0.2) is 22.7 Å². The minimum Gasteiger partial charge on any atom is -0.372 e. The molecule has 1 amide bonds. The second kappa shape index (κ2) is 6.26. The molecule has 0 radical (unpaired) electrons. The van der Waals surface area contributed by atoms with Crippen LogP contribution in [0.25, 0.3) is 0 Å². The van der Waals surface area contributed by atoms with Crippen LogP contribution in [0, 0.1) is 11.3 Å². The number of carbonyl (C=O) groups excluding carboxylic acids is 1. The van der Waals surface area contributed by atoms with E-state index in [1.54, 1.807) is 18.2 Å². The molecule has 1 rings (SSSR count). The first-order valence-electron chi connectivity index (χ1n) is 4.74. The SMILES string of the molecule is CCOCC(=O)Nc1ccc(Br)cc1C#N. The minimum absolute atomic E-state index is 0.00255. The summed E-state index contributed by atoms with van der Waals surface area (Å²) >= 11 is 3.26. The second-order valence-electron chi connectivity index (χ2n) is 2.99. The van der Waals surface area contributed by atoms with Crippen LogP contribution >= 0.6 is 15.9 Å². The molecule has 0 spiro atoms. The first kappa shape index (κ1) is 12.7. The van der Waals surface area contributed by atoms with Crippen molar-refractivity contribution >= 4 is 27.5 Å². The van der Waals surface area contributed by atoms with Crippen molar-refractivity contribution in [3.63, 3.8) is 0 Å². The fourth-order valence-corrected chi connectivity index (χ4v) is 1.46. The molecule has 16 heavy (non-hydrogen) atoms. The topological polar surface area (TPSA) is 62.1 Å². The molecular weight excluding hydrogens is 272 g/mol. The molecule has 0 bridgehead atoms. The zero-order valence-electron chi connectivity index (χ0n) is 8.79. The average Bonchev–Trinajstić information content (AvgIpc) is 2.28. The Kier molecular flexibility index (Phi) is 4.96. The number of rotatable bonds is 4. The lowest BCUT2D eigenvalue weighted by Gasteiger charge is -2.07. The van der Waals surface area contributed by atoms with Gasteiger partial charge in [-0.1, -0.05) is 15.9 Å². The van der Waals surface area contributed by atoms with E-state index in [-0.39, 0.29) is 12.5 Å². The van der Waals surface area contributed by atoms with Gasteiger partial charge in [0.1, 0.15) is 12.7 Å². The van der Waals surface area contributed by atoms with Crippen molar-refractivity contribution in [3.05, 3.63) is 28.2 Å². The summed E-state index contributed by atoms with van der Waals surface area (Å²) < 4.78 is 5.76. The molecule has 1 aromatic carbocycles. The van der Waals surface area contributed by atoms with Gasteiger partial charge in [-0.3, -0.25) is 4.79 Å². The zero-order chi connectivity index (χ0) is 12.0. The molecule has 4 nitrogen and oxygen atoms in total. The number of hydrogen-bond acceptors (Lipinski definition) is 3. The molecule has 0 saturated carbocycles. The largest absolute Gasteiger partial charge is 0.372 e. The Balaban J connectivity index is 2.74. The second-order valence-corrected chi connectivity index (χ2v) is 3.90. The molecule has 84 valence electrons. The third-order valence-electron chi connectivity index (χ3n) is 1.81. The smallest absolute Gasteiger partial charge is 0.250 e. The lowest BCUT2D eigenvalue weighted by atomic mass is 10.2. The van der Waals surface area contributed by atoms with E-state index in [1.807, 2.05) is 13.0 Å². The van der Waals surface area contributed by atoms with E-state index in [1.165, 1.54) is 0 Å². The first-order chi connectivity index (χ1) is 7.67. The van der Waals surface area contributed by atoms with Crippen molar-refractivity contribution < 1.29 is 9.53 Å². The van der Waals surface area contributed by atoms with Gasteiger partial charge in [0.15, 0.2) is 0 Å². The van der Waals surface area contributed by atoms with E-state index in [4.69, 9.17) is 10.00 Å². The summed E-state index contributed by atoms with van der Waals surface area (Å²) in [5.74, 6) is -0.263. The highest BCUT2D eigenvalue weighted by molar-refractivity contribution is 9.10. The number of benzene rings is 1. The number of nitriles is 1. The summed E-state index contributed by atoms with van der Waals surface area (Å²) in [5, 5.41) is 11.5. The lowest BCUT2D eigenvalue weighted by molar-refractivity contribution is -0.120. The van der Waals surface area contributed by atoms with Gasteiger partial charge in [0.05, 0.1) is 11.3 Å². The number of amides is 1. The summed E-state index contributed by atoms with van der Waals surface area (Å²) in [4.78, 5) is 11.4. The molecule has 0 unspecified atom stereocenters. The van der Waals surface area contributed by atoms with Crippen LogP contribution in [0.4, 0.5) is 5.69 Å². The summed E-state index contributed by atoms with van der Waals surface area (Å²) in [5.41, 5.74) is 0.912. The van der Waals surface area contributed by atoms with Gasteiger partial charge in [-0.05, 0) is 25.1 Å². The van der Waals surface area contributed by atoms with Crippen LogP contribution in [0.2, 0.25) is 0 Å². The number of ether oxygens (including phenoxy) is 1. The molecule has 0 aromatic heterocycles. The number of nitrogens with zero attached hydrogens (tertiary/aromatic N) is 1. The van der Waals surface area contributed by atoms with E-state index in [9.17, 15) is 4.79 Å². The molecular formula is C11H11BrN2O2. The Labute approximate surface area is 102 Å². The van der Waals surface area contributed by atoms with Gasteiger partial charge in [-0.2, -0.15) is 5.26 Å². The Morgan fingerprint density at radius 3 is 3.00 bits per heavy atom. The van der Waals surface area contributed by atoms with Crippen molar-refractivity contribution in [1.29, 1.82) is 5.26 Å². The quantitative estimate of drug-likeness (QED) is 0.922. The fourth-order valence-electron chi connectivity index (χ4n) is 1.10. The van der Waals surface area contributed by atoms with E-state index < -0.39 is 0 Å². The molecule has 0 heterocycles. The monoisotopic (exact) mass is 282 g/mol. The normalized spacial score (nSPS) is 9.56. The third-order valence-corrected chi connectivity index (χ3v) is 2.31. The average molecular weight is 283 g/mol. The van der Waals surface area contributed by atoms with Gasteiger partial charge < -0.3 is 10.1 Å². The lowest BCUT2D eigenvalue weighted by Crippen LogP contribution is -2.18. The third kappa shape index (κ3) is 3.65. The highest BCUT2D eigenvalue weighted by Crippen LogP contribution is 2.20. The number of carbonyl (C=O) groups is 1. The number of halogens is 1. The van der Waals surface area contributed by atoms with Gasteiger partial charge in [0, 0.05) is 11.1 Å². The summed E-state index contributed by atoms with van der Waals surface area (Å²) in [6.45, 7) is 2.30.